The molecule has 0 spiro atoms. The Morgan fingerprint density at radius 1 is 1.41 bits per heavy atom. The Kier molecular flexibility index (Phi) is 4.20. The fourth-order valence-corrected chi connectivity index (χ4v) is 2.94. The number of amides is 1. The zero-order valence-corrected chi connectivity index (χ0v) is 13.0. The number of esters is 1. The van der Waals surface area contributed by atoms with E-state index >= 15 is 0 Å². The zero-order valence-electron chi connectivity index (χ0n) is 12.2. The van der Waals surface area contributed by atoms with E-state index in [9.17, 15) is 9.59 Å². The molecule has 0 aliphatic heterocycles. The predicted octanol–water partition coefficient (Wildman–Crippen LogP) is 2.73. The summed E-state index contributed by atoms with van der Waals surface area (Å²) in [5.41, 5.74) is 1.75. The minimum absolute atomic E-state index is 0.0683. The van der Waals surface area contributed by atoms with Gasteiger partial charge in [0, 0.05) is 24.3 Å². The standard InChI is InChI=1S/C16H16N2O3S/c1-21-16(20)14-8-12(4-6-17-14)15(19)18(13-2-3-13)9-11-5-7-22-10-11/h4-8,10,13H,2-3,9H2,1H3. The summed E-state index contributed by atoms with van der Waals surface area (Å²) in [6.07, 6.45) is 3.53. The number of rotatable bonds is 5. The first-order valence-corrected chi connectivity index (χ1v) is 7.99. The van der Waals surface area contributed by atoms with Crippen molar-refractivity contribution in [2.45, 2.75) is 25.4 Å². The number of hydrogen-bond acceptors (Lipinski definition) is 5. The van der Waals surface area contributed by atoms with Gasteiger partial charge in [-0.25, -0.2) is 9.78 Å². The van der Waals surface area contributed by atoms with E-state index in [2.05, 4.69) is 15.1 Å². The summed E-state index contributed by atoms with van der Waals surface area (Å²) in [4.78, 5) is 30.1. The Balaban J connectivity index is 1.82. The van der Waals surface area contributed by atoms with E-state index in [0.717, 1.165) is 18.4 Å². The molecule has 0 radical (unpaired) electrons. The number of carbonyl (C=O) groups excluding carboxylic acids is 2. The Morgan fingerprint density at radius 3 is 2.86 bits per heavy atom. The summed E-state index contributed by atoms with van der Waals surface area (Å²) in [5.74, 6) is -0.605. The molecule has 0 saturated heterocycles. The van der Waals surface area contributed by atoms with Gasteiger partial charge in [-0.2, -0.15) is 11.3 Å². The molecule has 5 nitrogen and oxygen atoms in total. The lowest BCUT2D eigenvalue weighted by Gasteiger charge is -2.22. The van der Waals surface area contributed by atoms with Crippen LogP contribution in [0.1, 0.15) is 39.3 Å². The predicted molar refractivity (Wildman–Crippen MR) is 82.8 cm³/mol. The Bertz CT molecular complexity index is 680. The third-order valence-electron chi connectivity index (χ3n) is 3.58. The van der Waals surface area contributed by atoms with Crippen LogP contribution in [0.5, 0.6) is 0 Å². The number of aromatic nitrogens is 1. The van der Waals surface area contributed by atoms with Crippen molar-refractivity contribution in [2.24, 2.45) is 0 Å². The van der Waals surface area contributed by atoms with E-state index in [1.54, 1.807) is 17.4 Å². The Hall–Kier alpha value is -2.21. The van der Waals surface area contributed by atoms with Crippen molar-refractivity contribution in [1.29, 1.82) is 0 Å². The molecule has 114 valence electrons. The molecule has 1 fully saturated rings. The van der Waals surface area contributed by atoms with Crippen molar-refractivity contribution in [3.63, 3.8) is 0 Å². The number of hydrogen-bond donors (Lipinski definition) is 0. The van der Waals surface area contributed by atoms with Gasteiger partial charge in [0.15, 0.2) is 0 Å². The van der Waals surface area contributed by atoms with Crippen LogP contribution in [0.3, 0.4) is 0 Å². The molecule has 0 atom stereocenters. The summed E-state index contributed by atoms with van der Waals surface area (Å²) >= 11 is 1.62. The number of carbonyl (C=O) groups is 2. The van der Waals surface area contributed by atoms with Crippen LogP contribution in [0.2, 0.25) is 0 Å². The van der Waals surface area contributed by atoms with Crippen molar-refractivity contribution in [3.05, 3.63) is 52.0 Å². The number of methoxy groups -OCH3 is 1. The highest BCUT2D eigenvalue weighted by molar-refractivity contribution is 7.07. The monoisotopic (exact) mass is 316 g/mol. The second-order valence-corrected chi connectivity index (χ2v) is 6.00. The summed E-state index contributed by atoms with van der Waals surface area (Å²) in [5, 5.41) is 4.06. The molecule has 3 rings (SSSR count). The fourth-order valence-electron chi connectivity index (χ4n) is 2.28. The van der Waals surface area contributed by atoms with Crippen molar-refractivity contribution in [3.8, 4) is 0 Å². The highest BCUT2D eigenvalue weighted by Gasteiger charge is 2.33. The number of nitrogens with zero attached hydrogens (tertiary/aromatic N) is 2. The number of ether oxygens (including phenoxy) is 1. The van der Waals surface area contributed by atoms with Gasteiger partial charge in [-0.05, 0) is 47.4 Å². The minimum atomic E-state index is -0.537. The van der Waals surface area contributed by atoms with Gasteiger partial charge in [-0.1, -0.05) is 0 Å². The Morgan fingerprint density at radius 2 is 2.23 bits per heavy atom. The van der Waals surface area contributed by atoms with Gasteiger partial charge in [0.2, 0.25) is 0 Å². The van der Waals surface area contributed by atoms with Crippen LogP contribution < -0.4 is 0 Å². The third-order valence-corrected chi connectivity index (χ3v) is 4.31. The van der Waals surface area contributed by atoms with Crippen LogP contribution in [0.15, 0.2) is 35.2 Å². The summed E-state index contributed by atoms with van der Waals surface area (Å²) in [7, 11) is 1.30. The summed E-state index contributed by atoms with van der Waals surface area (Å²) in [6, 6.07) is 5.46. The van der Waals surface area contributed by atoms with E-state index in [1.165, 1.54) is 19.4 Å². The largest absolute Gasteiger partial charge is 0.464 e. The molecule has 6 heteroatoms. The maximum Gasteiger partial charge on any atom is 0.356 e. The number of thiophene rings is 1. The molecule has 2 heterocycles. The van der Waals surface area contributed by atoms with E-state index in [0.29, 0.717) is 18.2 Å². The van der Waals surface area contributed by atoms with Gasteiger partial charge in [0.25, 0.3) is 5.91 Å². The van der Waals surface area contributed by atoms with Crippen molar-refractivity contribution in [1.82, 2.24) is 9.88 Å². The first-order valence-electron chi connectivity index (χ1n) is 7.05. The van der Waals surface area contributed by atoms with Gasteiger partial charge in [-0.3, -0.25) is 4.79 Å². The molecule has 0 bridgehead atoms. The van der Waals surface area contributed by atoms with Crippen molar-refractivity contribution in [2.75, 3.05) is 7.11 Å². The lowest BCUT2D eigenvalue weighted by molar-refractivity contribution is 0.0594. The zero-order chi connectivity index (χ0) is 15.5. The van der Waals surface area contributed by atoms with Crippen LogP contribution in [0.25, 0.3) is 0 Å². The quantitative estimate of drug-likeness (QED) is 0.796. The maximum absolute atomic E-state index is 12.8. The van der Waals surface area contributed by atoms with E-state index in [-0.39, 0.29) is 11.6 Å². The van der Waals surface area contributed by atoms with Crippen LogP contribution in [-0.2, 0) is 11.3 Å². The molecule has 22 heavy (non-hydrogen) atoms. The lowest BCUT2D eigenvalue weighted by atomic mass is 10.2. The molecule has 1 aliphatic rings. The second-order valence-electron chi connectivity index (χ2n) is 5.22. The lowest BCUT2D eigenvalue weighted by Crippen LogP contribution is -2.32. The van der Waals surface area contributed by atoms with Gasteiger partial charge in [0.1, 0.15) is 5.69 Å². The molecule has 1 saturated carbocycles. The first-order chi connectivity index (χ1) is 10.7. The fraction of sp³-hybridized carbons (Fsp3) is 0.312. The molecule has 0 N–H and O–H groups in total. The SMILES string of the molecule is COC(=O)c1cc(C(=O)N(Cc2ccsc2)C2CC2)ccn1. The summed E-state index contributed by atoms with van der Waals surface area (Å²) in [6.45, 7) is 0.600. The van der Waals surface area contributed by atoms with Gasteiger partial charge in [-0.15, -0.1) is 0 Å². The highest BCUT2D eigenvalue weighted by atomic mass is 32.1. The third kappa shape index (κ3) is 3.17. The van der Waals surface area contributed by atoms with E-state index in [4.69, 9.17) is 0 Å². The molecule has 0 aromatic carbocycles. The topological polar surface area (TPSA) is 59.5 Å². The van der Waals surface area contributed by atoms with Crippen LogP contribution in [-0.4, -0.2) is 34.9 Å². The average molecular weight is 316 g/mol. The first kappa shape index (κ1) is 14.7. The molecular weight excluding hydrogens is 300 g/mol. The van der Waals surface area contributed by atoms with Gasteiger partial charge >= 0.3 is 5.97 Å². The van der Waals surface area contributed by atoms with Crippen molar-refractivity contribution >= 4 is 23.2 Å². The molecule has 1 amide bonds. The molecular formula is C16H16N2O3S. The minimum Gasteiger partial charge on any atom is -0.464 e. The smallest absolute Gasteiger partial charge is 0.356 e. The normalized spacial score (nSPS) is 13.7. The molecule has 2 aromatic rings. The molecule has 0 unspecified atom stereocenters. The van der Waals surface area contributed by atoms with Gasteiger partial charge < -0.3 is 9.64 Å². The average Bonchev–Trinajstić information content (AvgIpc) is 3.27. The van der Waals surface area contributed by atoms with E-state index in [1.807, 2.05) is 16.3 Å². The Labute approximate surface area is 132 Å². The van der Waals surface area contributed by atoms with Crippen LogP contribution in [0, 0.1) is 0 Å². The second kappa shape index (κ2) is 6.27. The number of pyridine rings is 1. The van der Waals surface area contributed by atoms with Crippen LogP contribution in [0.4, 0.5) is 0 Å². The molecule has 1 aliphatic carbocycles. The molecule has 2 aromatic heterocycles. The van der Waals surface area contributed by atoms with Crippen molar-refractivity contribution < 1.29 is 14.3 Å². The van der Waals surface area contributed by atoms with E-state index < -0.39 is 5.97 Å². The van der Waals surface area contributed by atoms with Gasteiger partial charge in [0.05, 0.1) is 7.11 Å². The maximum atomic E-state index is 12.8. The highest BCUT2D eigenvalue weighted by Crippen LogP contribution is 2.30. The van der Waals surface area contributed by atoms with Crippen LogP contribution >= 0.6 is 11.3 Å². The summed E-state index contributed by atoms with van der Waals surface area (Å²) < 4.78 is 4.65.